The number of furan rings is 1. The van der Waals surface area contributed by atoms with E-state index in [-0.39, 0.29) is 0 Å². The molecule has 0 bridgehead atoms. The second-order valence-electron chi connectivity index (χ2n) is 4.70. The van der Waals surface area contributed by atoms with E-state index in [0.717, 1.165) is 42.6 Å². The van der Waals surface area contributed by atoms with Crippen LogP contribution in [0.5, 0.6) is 0 Å². The van der Waals surface area contributed by atoms with Crippen LogP contribution in [0.4, 0.5) is 0 Å². The van der Waals surface area contributed by atoms with Gasteiger partial charge in [0.1, 0.15) is 17.3 Å². The van der Waals surface area contributed by atoms with Crippen molar-refractivity contribution in [2.24, 2.45) is 0 Å². The van der Waals surface area contributed by atoms with E-state index in [1.165, 1.54) is 0 Å². The van der Waals surface area contributed by atoms with Gasteiger partial charge in [-0.05, 0) is 25.1 Å². The summed E-state index contributed by atoms with van der Waals surface area (Å²) in [5.41, 5.74) is 0.829. The fraction of sp³-hybridized carbons (Fsp3) is 0.429. The first-order valence-corrected chi connectivity index (χ1v) is 6.51. The van der Waals surface area contributed by atoms with Crippen molar-refractivity contribution in [3.63, 3.8) is 0 Å². The summed E-state index contributed by atoms with van der Waals surface area (Å²) in [5.74, 6) is 2.49. The van der Waals surface area contributed by atoms with E-state index in [9.17, 15) is 0 Å². The maximum Gasteiger partial charge on any atom is 0.152 e. The third-order valence-electron chi connectivity index (χ3n) is 3.13. The van der Waals surface area contributed by atoms with Crippen LogP contribution in [0.25, 0.3) is 11.5 Å². The lowest BCUT2D eigenvalue weighted by molar-refractivity contribution is 0.0764. The second-order valence-corrected chi connectivity index (χ2v) is 4.70. The molecule has 1 fully saturated rings. The zero-order valence-corrected chi connectivity index (χ0v) is 10.9. The molecular formula is C14H17N3O2. The lowest BCUT2D eigenvalue weighted by Crippen LogP contribution is -2.42. The number of aryl methyl sites for hydroxylation is 1. The molecule has 3 rings (SSSR count). The van der Waals surface area contributed by atoms with E-state index >= 15 is 0 Å². The second kappa shape index (κ2) is 5.50. The van der Waals surface area contributed by atoms with Crippen LogP contribution in [0, 0.1) is 6.92 Å². The first kappa shape index (κ1) is 12.3. The van der Waals surface area contributed by atoms with E-state index < -0.39 is 0 Å². The summed E-state index contributed by atoms with van der Waals surface area (Å²) in [4.78, 5) is 8.87. The van der Waals surface area contributed by atoms with Crippen LogP contribution in [-0.2, 0) is 11.2 Å². The number of hydrogen-bond donors (Lipinski definition) is 1. The molecule has 2 aromatic rings. The molecule has 0 spiro atoms. The molecule has 1 aliphatic rings. The standard InChI is InChI=1S/C14H17N3O2/c1-10-2-3-13(19-10)12-4-5-16-14(17-12)8-11-9-18-7-6-15-11/h2-5,11,15H,6-9H2,1H3. The Hall–Kier alpha value is -1.72. The predicted octanol–water partition coefficient (Wildman–Crippen LogP) is 1.58. The van der Waals surface area contributed by atoms with Crippen LogP contribution in [-0.4, -0.2) is 35.8 Å². The van der Waals surface area contributed by atoms with Gasteiger partial charge < -0.3 is 14.5 Å². The van der Waals surface area contributed by atoms with Gasteiger partial charge in [0.15, 0.2) is 5.76 Å². The topological polar surface area (TPSA) is 60.2 Å². The summed E-state index contributed by atoms with van der Waals surface area (Å²) in [6.45, 7) is 4.31. The monoisotopic (exact) mass is 259 g/mol. The molecule has 0 amide bonds. The maximum atomic E-state index is 5.58. The van der Waals surface area contributed by atoms with Crippen molar-refractivity contribution in [1.82, 2.24) is 15.3 Å². The molecule has 19 heavy (non-hydrogen) atoms. The third-order valence-corrected chi connectivity index (χ3v) is 3.13. The van der Waals surface area contributed by atoms with Gasteiger partial charge in [-0.15, -0.1) is 0 Å². The molecule has 2 aromatic heterocycles. The fourth-order valence-electron chi connectivity index (χ4n) is 2.18. The van der Waals surface area contributed by atoms with Gasteiger partial charge in [-0.2, -0.15) is 0 Å². The summed E-state index contributed by atoms with van der Waals surface area (Å²) >= 11 is 0. The predicted molar refractivity (Wildman–Crippen MR) is 70.8 cm³/mol. The summed E-state index contributed by atoms with van der Waals surface area (Å²) < 4.78 is 11.0. The first-order chi connectivity index (χ1) is 9.31. The average Bonchev–Trinajstić information content (AvgIpc) is 2.87. The summed E-state index contributed by atoms with van der Waals surface area (Å²) in [7, 11) is 0. The van der Waals surface area contributed by atoms with Gasteiger partial charge in [0.2, 0.25) is 0 Å². The Morgan fingerprint density at radius 3 is 3.05 bits per heavy atom. The molecular weight excluding hydrogens is 242 g/mol. The van der Waals surface area contributed by atoms with Crippen molar-refractivity contribution in [1.29, 1.82) is 0 Å². The fourth-order valence-corrected chi connectivity index (χ4v) is 2.18. The number of morpholine rings is 1. The molecule has 100 valence electrons. The van der Waals surface area contributed by atoms with Crippen molar-refractivity contribution in [2.75, 3.05) is 19.8 Å². The van der Waals surface area contributed by atoms with Crippen molar-refractivity contribution < 1.29 is 9.15 Å². The molecule has 1 unspecified atom stereocenters. The molecule has 1 N–H and O–H groups in total. The highest BCUT2D eigenvalue weighted by atomic mass is 16.5. The Labute approximate surface area is 112 Å². The van der Waals surface area contributed by atoms with Crippen LogP contribution >= 0.6 is 0 Å². The minimum atomic E-state index is 0.294. The molecule has 1 saturated heterocycles. The Bertz CT molecular complexity index is 547. The Morgan fingerprint density at radius 1 is 1.37 bits per heavy atom. The minimum Gasteiger partial charge on any atom is -0.460 e. The van der Waals surface area contributed by atoms with Crippen LogP contribution in [0.1, 0.15) is 11.6 Å². The molecule has 5 nitrogen and oxygen atoms in total. The van der Waals surface area contributed by atoms with E-state index in [4.69, 9.17) is 9.15 Å². The Kier molecular flexibility index (Phi) is 3.57. The van der Waals surface area contributed by atoms with Crippen molar-refractivity contribution >= 4 is 0 Å². The molecule has 1 aliphatic heterocycles. The summed E-state index contributed by atoms with van der Waals surface area (Å²) in [6, 6.07) is 6.03. The van der Waals surface area contributed by atoms with Gasteiger partial charge in [-0.25, -0.2) is 9.97 Å². The number of nitrogens with zero attached hydrogens (tertiary/aromatic N) is 2. The molecule has 0 aliphatic carbocycles. The number of aromatic nitrogens is 2. The Morgan fingerprint density at radius 2 is 2.32 bits per heavy atom. The van der Waals surface area contributed by atoms with E-state index in [1.54, 1.807) is 6.20 Å². The largest absolute Gasteiger partial charge is 0.460 e. The molecule has 0 aromatic carbocycles. The lowest BCUT2D eigenvalue weighted by atomic mass is 10.2. The smallest absolute Gasteiger partial charge is 0.152 e. The zero-order chi connectivity index (χ0) is 13.1. The first-order valence-electron chi connectivity index (χ1n) is 6.51. The van der Waals surface area contributed by atoms with Gasteiger partial charge in [0.05, 0.1) is 13.2 Å². The quantitative estimate of drug-likeness (QED) is 0.906. The van der Waals surface area contributed by atoms with Crippen molar-refractivity contribution in [3.8, 4) is 11.5 Å². The van der Waals surface area contributed by atoms with Gasteiger partial charge in [0, 0.05) is 25.2 Å². The van der Waals surface area contributed by atoms with Crippen LogP contribution < -0.4 is 5.32 Å². The van der Waals surface area contributed by atoms with Gasteiger partial charge in [-0.3, -0.25) is 0 Å². The van der Waals surface area contributed by atoms with Crippen molar-refractivity contribution in [3.05, 3.63) is 36.0 Å². The highest BCUT2D eigenvalue weighted by Gasteiger charge is 2.15. The lowest BCUT2D eigenvalue weighted by Gasteiger charge is -2.23. The molecule has 5 heteroatoms. The normalized spacial score (nSPS) is 19.5. The summed E-state index contributed by atoms with van der Waals surface area (Å²) in [6.07, 6.45) is 2.55. The number of ether oxygens (including phenoxy) is 1. The highest BCUT2D eigenvalue weighted by Crippen LogP contribution is 2.19. The van der Waals surface area contributed by atoms with Crippen molar-refractivity contribution in [2.45, 2.75) is 19.4 Å². The van der Waals surface area contributed by atoms with E-state index in [0.29, 0.717) is 12.6 Å². The van der Waals surface area contributed by atoms with Gasteiger partial charge >= 0.3 is 0 Å². The van der Waals surface area contributed by atoms with Crippen LogP contribution in [0.15, 0.2) is 28.8 Å². The zero-order valence-electron chi connectivity index (χ0n) is 10.9. The van der Waals surface area contributed by atoms with Crippen LogP contribution in [0.2, 0.25) is 0 Å². The maximum absolute atomic E-state index is 5.58. The third kappa shape index (κ3) is 3.00. The molecule has 0 saturated carbocycles. The SMILES string of the molecule is Cc1ccc(-c2ccnc(CC3COCCN3)n2)o1. The number of nitrogens with one attached hydrogen (secondary N) is 1. The van der Waals surface area contributed by atoms with Gasteiger partial charge in [0.25, 0.3) is 0 Å². The molecule has 0 radical (unpaired) electrons. The average molecular weight is 259 g/mol. The number of hydrogen-bond acceptors (Lipinski definition) is 5. The molecule has 3 heterocycles. The number of rotatable bonds is 3. The summed E-state index contributed by atoms with van der Waals surface area (Å²) in [5, 5.41) is 3.40. The van der Waals surface area contributed by atoms with E-state index in [1.807, 2.05) is 25.1 Å². The Balaban J connectivity index is 1.75. The van der Waals surface area contributed by atoms with E-state index in [2.05, 4.69) is 15.3 Å². The van der Waals surface area contributed by atoms with Crippen LogP contribution in [0.3, 0.4) is 0 Å². The minimum absolute atomic E-state index is 0.294. The highest BCUT2D eigenvalue weighted by molar-refractivity contribution is 5.51. The molecule has 1 atom stereocenters. The van der Waals surface area contributed by atoms with Gasteiger partial charge in [-0.1, -0.05) is 0 Å².